The van der Waals surface area contributed by atoms with Gasteiger partial charge in [-0.2, -0.15) is 0 Å². The third-order valence-electron chi connectivity index (χ3n) is 4.39. The van der Waals surface area contributed by atoms with E-state index in [0.29, 0.717) is 24.4 Å². The molecule has 5 atom stereocenters. The SMILES string of the molecule is CC(O)OC[C@@H]1[C@H]2c3cc(Br)cc(Br)c3O[C@H]2C[C@H]1C. The topological polar surface area (TPSA) is 38.7 Å². The Morgan fingerprint density at radius 2 is 2.20 bits per heavy atom. The molecule has 0 saturated heterocycles. The van der Waals surface area contributed by atoms with Gasteiger partial charge in [0.15, 0.2) is 6.29 Å². The molecule has 1 aromatic carbocycles. The maximum atomic E-state index is 9.35. The van der Waals surface area contributed by atoms with Crippen LogP contribution in [-0.2, 0) is 4.74 Å². The van der Waals surface area contributed by atoms with Gasteiger partial charge in [0.2, 0.25) is 0 Å². The lowest BCUT2D eigenvalue weighted by molar-refractivity contribution is -0.100. The van der Waals surface area contributed by atoms with Crippen LogP contribution in [-0.4, -0.2) is 24.1 Å². The van der Waals surface area contributed by atoms with Crippen LogP contribution in [0.5, 0.6) is 5.75 Å². The maximum absolute atomic E-state index is 9.35. The monoisotopic (exact) mass is 404 g/mol. The highest BCUT2D eigenvalue weighted by molar-refractivity contribution is 9.11. The average Bonchev–Trinajstić information content (AvgIpc) is 2.83. The molecule has 110 valence electrons. The van der Waals surface area contributed by atoms with Crippen molar-refractivity contribution in [1.82, 2.24) is 0 Å². The van der Waals surface area contributed by atoms with Gasteiger partial charge in [0.05, 0.1) is 11.1 Å². The van der Waals surface area contributed by atoms with Gasteiger partial charge < -0.3 is 14.6 Å². The number of aliphatic hydroxyl groups is 1. The molecule has 0 aromatic heterocycles. The first-order valence-corrected chi connectivity index (χ1v) is 8.51. The van der Waals surface area contributed by atoms with E-state index >= 15 is 0 Å². The van der Waals surface area contributed by atoms with Crippen molar-refractivity contribution < 1.29 is 14.6 Å². The van der Waals surface area contributed by atoms with Gasteiger partial charge in [-0.05, 0) is 53.2 Å². The van der Waals surface area contributed by atoms with E-state index in [1.54, 1.807) is 6.92 Å². The summed E-state index contributed by atoms with van der Waals surface area (Å²) in [6, 6.07) is 4.17. The Kier molecular flexibility index (Phi) is 4.15. The van der Waals surface area contributed by atoms with E-state index in [-0.39, 0.29) is 6.10 Å². The zero-order chi connectivity index (χ0) is 14.4. The Bertz CT molecular complexity index is 518. The van der Waals surface area contributed by atoms with E-state index in [1.807, 2.05) is 6.07 Å². The summed E-state index contributed by atoms with van der Waals surface area (Å²) in [6.45, 7) is 4.47. The molecule has 3 nitrogen and oxygen atoms in total. The van der Waals surface area contributed by atoms with Crippen LogP contribution in [0, 0.1) is 11.8 Å². The lowest BCUT2D eigenvalue weighted by Gasteiger charge is -2.22. The molecule has 1 heterocycles. The predicted molar refractivity (Wildman–Crippen MR) is 83.9 cm³/mol. The van der Waals surface area contributed by atoms with Crippen LogP contribution in [0.1, 0.15) is 31.7 Å². The molecule has 5 heteroatoms. The van der Waals surface area contributed by atoms with E-state index in [4.69, 9.17) is 9.47 Å². The number of hydrogen-bond donors (Lipinski definition) is 1. The number of ether oxygens (including phenoxy) is 2. The predicted octanol–water partition coefficient (Wildman–Crippen LogP) is 4.07. The summed E-state index contributed by atoms with van der Waals surface area (Å²) in [4.78, 5) is 0. The Labute approximate surface area is 135 Å². The smallest absolute Gasteiger partial charge is 0.151 e. The molecular weight excluding hydrogens is 388 g/mol. The normalized spacial score (nSPS) is 32.6. The molecule has 20 heavy (non-hydrogen) atoms. The molecule has 1 unspecified atom stereocenters. The summed E-state index contributed by atoms with van der Waals surface area (Å²) in [5.74, 6) is 2.25. The second-order valence-corrected chi connectivity index (χ2v) is 7.57. The van der Waals surface area contributed by atoms with Crippen molar-refractivity contribution in [1.29, 1.82) is 0 Å². The number of benzene rings is 1. The molecule has 1 saturated carbocycles. The van der Waals surface area contributed by atoms with Crippen LogP contribution >= 0.6 is 31.9 Å². The number of rotatable bonds is 3. The van der Waals surface area contributed by atoms with E-state index in [9.17, 15) is 5.11 Å². The Morgan fingerprint density at radius 3 is 2.90 bits per heavy atom. The van der Waals surface area contributed by atoms with Crippen molar-refractivity contribution >= 4 is 31.9 Å². The summed E-state index contributed by atoms with van der Waals surface area (Å²) in [5, 5.41) is 9.35. The van der Waals surface area contributed by atoms with Crippen molar-refractivity contribution in [3.8, 4) is 5.75 Å². The average molecular weight is 406 g/mol. The van der Waals surface area contributed by atoms with Gasteiger partial charge in [0, 0.05) is 16.0 Å². The van der Waals surface area contributed by atoms with E-state index in [2.05, 4.69) is 44.8 Å². The second-order valence-electron chi connectivity index (χ2n) is 5.80. The summed E-state index contributed by atoms with van der Waals surface area (Å²) < 4.78 is 13.7. The summed E-state index contributed by atoms with van der Waals surface area (Å²) >= 11 is 7.13. The van der Waals surface area contributed by atoms with Crippen LogP contribution < -0.4 is 4.74 Å². The van der Waals surface area contributed by atoms with Crippen molar-refractivity contribution in [2.45, 2.75) is 38.6 Å². The third-order valence-corrected chi connectivity index (χ3v) is 5.44. The minimum atomic E-state index is -0.711. The van der Waals surface area contributed by atoms with Crippen LogP contribution in [0.4, 0.5) is 0 Å². The van der Waals surface area contributed by atoms with E-state index in [1.165, 1.54) is 5.56 Å². The van der Waals surface area contributed by atoms with Gasteiger partial charge >= 0.3 is 0 Å². The van der Waals surface area contributed by atoms with Gasteiger partial charge in [-0.25, -0.2) is 0 Å². The molecule has 2 aliphatic rings. The minimum Gasteiger partial charge on any atom is -0.488 e. The minimum absolute atomic E-state index is 0.230. The van der Waals surface area contributed by atoms with Crippen LogP contribution in [0.15, 0.2) is 21.1 Å². The van der Waals surface area contributed by atoms with Crippen molar-refractivity contribution in [3.05, 3.63) is 26.6 Å². The highest BCUT2D eigenvalue weighted by atomic mass is 79.9. The highest BCUT2D eigenvalue weighted by Crippen LogP contribution is 2.55. The Morgan fingerprint density at radius 1 is 1.45 bits per heavy atom. The van der Waals surface area contributed by atoms with Gasteiger partial charge in [-0.1, -0.05) is 22.9 Å². The first kappa shape index (κ1) is 14.8. The number of hydrogen-bond acceptors (Lipinski definition) is 3. The number of aliphatic hydroxyl groups excluding tert-OH is 1. The molecule has 0 spiro atoms. The molecule has 1 N–H and O–H groups in total. The van der Waals surface area contributed by atoms with Gasteiger partial charge in [0.1, 0.15) is 11.9 Å². The molecule has 1 aliphatic carbocycles. The number of fused-ring (bicyclic) bond motifs is 3. The standard InChI is InChI=1S/C15H18Br2O3/c1-7-3-13-14(11(7)6-19-8(2)18)10-4-9(16)5-12(17)15(10)20-13/h4-5,7-8,11,13-14,18H,3,6H2,1-2H3/t7-,8?,11+,13+,14-/m1/s1. The maximum Gasteiger partial charge on any atom is 0.151 e. The molecule has 1 fully saturated rings. The molecule has 1 aliphatic heterocycles. The van der Waals surface area contributed by atoms with Crippen molar-refractivity contribution in [2.24, 2.45) is 11.8 Å². The van der Waals surface area contributed by atoms with Gasteiger partial charge in [-0.3, -0.25) is 0 Å². The fourth-order valence-corrected chi connectivity index (χ4v) is 4.84. The molecule has 1 aromatic rings. The zero-order valence-electron chi connectivity index (χ0n) is 11.5. The Balaban J connectivity index is 1.91. The fraction of sp³-hybridized carbons (Fsp3) is 0.600. The molecule has 0 bridgehead atoms. The van der Waals surface area contributed by atoms with E-state index in [0.717, 1.165) is 21.1 Å². The quantitative estimate of drug-likeness (QED) is 0.770. The van der Waals surface area contributed by atoms with Crippen LogP contribution in [0.3, 0.4) is 0 Å². The second kappa shape index (κ2) is 5.59. The van der Waals surface area contributed by atoms with E-state index < -0.39 is 6.29 Å². The summed E-state index contributed by atoms with van der Waals surface area (Å²) in [6.07, 6.45) is 0.558. The first-order valence-electron chi connectivity index (χ1n) is 6.92. The van der Waals surface area contributed by atoms with Crippen molar-refractivity contribution in [2.75, 3.05) is 6.61 Å². The first-order chi connectivity index (χ1) is 9.47. The van der Waals surface area contributed by atoms with Crippen LogP contribution in [0.25, 0.3) is 0 Å². The summed E-state index contributed by atoms with van der Waals surface area (Å²) in [5.41, 5.74) is 1.25. The Hall–Kier alpha value is -0.100. The van der Waals surface area contributed by atoms with Gasteiger partial charge in [0.25, 0.3) is 0 Å². The molecule has 3 rings (SSSR count). The zero-order valence-corrected chi connectivity index (χ0v) is 14.6. The van der Waals surface area contributed by atoms with Crippen molar-refractivity contribution in [3.63, 3.8) is 0 Å². The third kappa shape index (κ3) is 2.54. The molecule has 0 radical (unpaired) electrons. The number of halogens is 2. The molecule has 0 amide bonds. The summed E-state index contributed by atoms with van der Waals surface area (Å²) in [7, 11) is 0. The molecular formula is C15H18Br2O3. The largest absolute Gasteiger partial charge is 0.488 e. The highest BCUT2D eigenvalue weighted by Gasteiger charge is 2.49. The van der Waals surface area contributed by atoms with Crippen LogP contribution in [0.2, 0.25) is 0 Å². The lowest BCUT2D eigenvalue weighted by atomic mass is 9.86. The van der Waals surface area contributed by atoms with Gasteiger partial charge in [-0.15, -0.1) is 0 Å². The fourth-order valence-electron chi connectivity index (χ4n) is 3.49. The lowest BCUT2D eigenvalue weighted by Crippen LogP contribution is -2.23.